The zero-order valence-electron chi connectivity index (χ0n) is 9.83. The Bertz CT molecular complexity index is 358. The molecule has 102 valence electrons. The van der Waals surface area contributed by atoms with E-state index in [1.807, 2.05) is 0 Å². The first-order chi connectivity index (χ1) is 8.40. The summed E-state index contributed by atoms with van der Waals surface area (Å²) >= 11 is 0. The highest BCUT2D eigenvalue weighted by Gasteiger charge is 2.60. The normalized spacial score (nSPS) is 27.1. The molecule has 0 aromatic heterocycles. The van der Waals surface area contributed by atoms with Crippen molar-refractivity contribution in [1.82, 2.24) is 5.32 Å². The summed E-state index contributed by atoms with van der Waals surface area (Å²) in [4.78, 5) is 32.6. The lowest BCUT2D eigenvalue weighted by Gasteiger charge is -2.06. The van der Waals surface area contributed by atoms with Gasteiger partial charge in [0.1, 0.15) is 6.04 Å². The Morgan fingerprint density at radius 2 is 2.00 bits per heavy atom. The maximum atomic E-state index is 11.0. The Morgan fingerprint density at radius 1 is 1.39 bits per heavy atom. The van der Waals surface area contributed by atoms with E-state index in [4.69, 9.17) is 20.7 Å². The average molecular weight is 260 g/mol. The Hall–Kier alpha value is -1.83. The second kappa shape index (κ2) is 5.67. The highest BCUT2D eigenvalue weighted by molar-refractivity contribution is 5.80. The lowest BCUT2D eigenvalue weighted by molar-refractivity contribution is -0.140. The lowest BCUT2D eigenvalue weighted by Crippen LogP contribution is -2.34. The summed E-state index contributed by atoms with van der Waals surface area (Å²) in [5.41, 5.74) is 5.39. The number of alkyl carbamates (subject to hydrolysis) is 1. The van der Waals surface area contributed by atoms with Crippen LogP contribution in [0.1, 0.15) is 6.92 Å². The molecule has 1 aliphatic rings. The molecule has 0 aliphatic heterocycles. The number of amides is 1. The van der Waals surface area contributed by atoms with Gasteiger partial charge in [0, 0.05) is 18.4 Å². The van der Waals surface area contributed by atoms with E-state index in [0.717, 1.165) is 0 Å². The van der Waals surface area contributed by atoms with Crippen LogP contribution in [-0.4, -0.2) is 47.4 Å². The first kappa shape index (κ1) is 14.2. The Balaban J connectivity index is 2.52. The van der Waals surface area contributed by atoms with Gasteiger partial charge in [0.25, 0.3) is 0 Å². The summed E-state index contributed by atoms with van der Waals surface area (Å²) in [6, 6.07) is -1.26. The molecule has 1 amide bonds. The molecule has 5 N–H and O–H groups in total. The van der Waals surface area contributed by atoms with Crippen molar-refractivity contribution in [2.45, 2.75) is 13.0 Å². The minimum Gasteiger partial charge on any atom is -0.481 e. The van der Waals surface area contributed by atoms with Gasteiger partial charge >= 0.3 is 18.0 Å². The van der Waals surface area contributed by atoms with Gasteiger partial charge in [0.2, 0.25) is 0 Å². The quantitative estimate of drug-likeness (QED) is 0.484. The predicted molar refractivity (Wildman–Crippen MR) is 58.7 cm³/mol. The highest BCUT2D eigenvalue weighted by atomic mass is 16.5. The molecule has 4 atom stereocenters. The van der Waals surface area contributed by atoms with Crippen molar-refractivity contribution in [3.05, 3.63) is 0 Å². The van der Waals surface area contributed by atoms with Gasteiger partial charge in [-0.25, -0.2) is 4.79 Å². The fraction of sp³-hybridized carbons (Fsp3) is 0.700. The summed E-state index contributed by atoms with van der Waals surface area (Å²) < 4.78 is 4.79. The molecule has 1 rings (SSSR count). The molecule has 1 saturated carbocycles. The molecule has 0 radical (unpaired) electrons. The SMILES string of the molecule is CCNC(=O)OCC1C(C(=O)O)C1C(N)C(=O)O. The monoisotopic (exact) mass is 260 g/mol. The smallest absolute Gasteiger partial charge is 0.407 e. The second-order valence-electron chi connectivity index (χ2n) is 4.10. The molecule has 8 heteroatoms. The van der Waals surface area contributed by atoms with Crippen LogP contribution in [0.3, 0.4) is 0 Å². The van der Waals surface area contributed by atoms with Gasteiger partial charge in [-0.05, 0) is 6.92 Å². The molecule has 0 bridgehead atoms. The number of carbonyl (C=O) groups excluding carboxylic acids is 1. The number of hydrogen-bond acceptors (Lipinski definition) is 5. The van der Waals surface area contributed by atoms with Crippen molar-refractivity contribution in [3.8, 4) is 0 Å². The average Bonchev–Trinajstić information content (AvgIpc) is 2.99. The Labute approximate surface area is 103 Å². The third kappa shape index (κ3) is 3.10. The van der Waals surface area contributed by atoms with Crippen LogP contribution >= 0.6 is 0 Å². The summed E-state index contributed by atoms with van der Waals surface area (Å²) in [6.45, 7) is 1.96. The molecule has 18 heavy (non-hydrogen) atoms. The van der Waals surface area contributed by atoms with E-state index in [9.17, 15) is 14.4 Å². The number of ether oxygens (including phenoxy) is 1. The molecule has 0 aromatic rings. The molecule has 0 heterocycles. The predicted octanol–water partition coefficient (Wildman–Crippen LogP) is -0.909. The lowest BCUT2D eigenvalue weighted by atomic mass is 10.1. The van der Waals surface area contributed by atoms with Gasteiger partial charge in [-0.15, -0.1) is 0 Å². The maximum absolute atomic E-state index is 11.0. The largest absolute Gasteiger partial charge is 0.481 e. The van der Waals surface area contributed by atoms with Gasteiger partial charge < -0.3 is 26.0 Å². The number of carboxylic acids is 2. The van der Waals surface area contributed by atoms with E-state index in [-0.39, 0.29) is 6.61 Å². The highest BCUT2D eigenvalue weighted by Crippen LogP contribution is 2.48. The van der Waals surface area contributed by atoms with Crippen LogP contribution < -0.4 is 11.1 Å². The van der Waals surface area contributed by atoms with Crippen molar-refractivity contribution < 1.29 is 29.3 Å². The van der Waals surface area contributed by atoms with Gasteiger partial charge in [-0.3, -0.25) is 9.59 Å². The van der Waals surface area contributed by atoms with E-state index in [1.165, 1.54) is 0 Å². The van der Waals surface area contributed by atoms with Crippen LogP contribution in [-0.2, 0) is 14.3 Å². The number of nitrogens with one attached hydrogen (secondary N) is 1. The van der Waals surface area contributed by atoms with Gasteiger partial charge in [0.15, 0.2) is 0 Å². The molecule has 0 aromatic carbocycles. The molecule has 1 fully saturated rings. The summed E-state index contributed by atoms with van der Waals surface area (Å²) in [5, 5.41) is 20.0. The van der Waals surface area contributed by atoms with E-state index < -0.39 is 41.8 Å². The van der Waals surface area contributed by atoms with Crippen LogP contribution in [0.2, 0.25) is 0 Å². The molecule has 4 unspecified atom stereocenters. The molecule has 0 saturated heterocycles. The van der Waals surface area contributed by atoms with Crippen molar-refractivity contribution in [1.29, 1.82) is 0 Å². The molecular weight excluding hydrogens is 244 g/mol. The van der Waals surface area contributed by atoms with Crippen molar-refractivity contribution >= 4 is 18.0 Å². The molecule has 1 aliphatic carbocycles. The molecular formula is C10H16N2O6. The number of rotatable bonds is 6. The van der Waals surface area contributed by atoms with Crippen molar-refractivity contribution in [2.75, 3.05) is 13.2 Å². The third-order valence-corrected chi connectivity index (χ3v) is 2.94. The summed E-state index contributed by atoms with van der Waals surface area (Å²) in [7, 11) is 0. The van der Waals surface area contributed by atoms with E-state index in [2.05, 4.69) is 5.32 Å². The fourth-order valence-electron chi connectivity index (χ4n) is 1.98. The summed E-state index contributed by atoms with van der Waals surface area (Å²) in [6.07, 6.45) is -0.656. The van der Waals surface area contributed by atoms with Crippen LogP contribution in [0.25, 0.3) is 0 Å². The first-order valence-corrected chi connectivity index (χ1v) is 5.52. The second-order valence-corrected chi connectivity index (χ2v) is 4.10. The van der Waals surface area contributed by atoms with Crippen LogP contribution in [0.4, 0.5) is 4.79 Å². The maximum Gasteiger partial charge on any atom is 0.407 e. The number of carboxylic acid groups (broad SMARTS) is 2. The van der Waals surface area contributed by atoms with E-state index in [0.29, 0.717) is 6.54 Å². The standard InChI is InChI=1S/C10H16N2O6/c1-2-12-10(17)18-3-4-5(6(4)8(13)14)7(11)9(15)16/h4-7H,2-3,11H2,1H3,(H,12,17)(H,13,14)(H,15,16). The molecule has 0 spiro atoms. The number of nitrogens with two attached hydrogens (primary N) is 1. The number of carbonyl (C=O) groups is 3. The topological polar surface area (TPSA) is 139 Å². The van der Waals surface area contributed by atoms with E-state index in [1.54, 1.807) is 6.92 Å². The van der Waals surface area contributed by atoms with Crippen LogP contribution in [0.15, 0.2) is 0 Å². The van der Waals surface area contributed by atoms with Gasteiger partial charge in [-0.1, -0.05) is 0 Å². The van der Waals surface area contributed by atoms with Crippen molar-refractivity contribution in [2.24, 2.45) is 23.5 Å². The number of aliphatic carboxylic acids is 2. The third-order valence-electron chi connectivity index (χ3n) is 2.94. The minimum atomic E-state index is -1.26. The van der Waals surface area contributed by atoms with Crippen LogP contribution in [0, 0.1) is 17.8 Å². The molecule has 8 nitrogen and oxygen atoms in total. The van der Waals surface area contributed by atoms with Gasteiger partial charge in [-0.2, -0.15) is 0 Å². The Kier molecular flexibility index (Phi) is 4.49. The zero-order valence-corrected chi connectivity index (χ0v) is 9.83. The van der Waals surface area contributed by atoms with Crippen molar-refractivity contribution in [3.63, 3.8) is 0 Å². The fourth-order valence-corrected chi connectivity index (χ4v) is 1.98. The van der Waals surface area contributed by atoms with Crippen LogP contribution in [0.5, 0.6) is 0 Å². The van der Waals surface area contributed by atoms with E-state index >= 15 is 0 Å². The van der Waals surface area contributed by atoms with Gasteiger partial charge in [0.05, 0.1) is 12.5 Å². The number of hydrogen-bond donors (Lipinski definition) is 4. The summed E-state index contributed by atoms with van der Waals surface area (Å²) in [5.74, 6) is -4.50. The first-order valence-electron chi connectivity index (χ1n) is 5.52. The minimum absolute atomic E-state index is 0.144. The Morgan fingerprint density at radius 3 is 2.44 bits per heavy atom. The zero-order chi connectivity index (χ0) is 13.9.